The highest BCUT2D eigenvalue weighted by molar-refractivity contribution is 5.41. The minimum atomic E-state index is 0.753. The van der Waals surface area contributed by atoms with Crippen molar-refractivity contribution in [1.29, 1.82) is 0 Å². The maximum atomic E-state index is 5.43. The van der Waals surface area contributed by atoms with Crippen molar-refractivity contribution in [2.45, 2.75) is 40.3 Å². The Balaban J connectivity index is 2.06. The Bertz CT molecular complexity index is 537. The van der Waals surface area contributed by atoms with E-state index in [1.54, 1.807) is 6.26 Å². The van der Waals surface area contributed by atoms with Crippen LogP contribution in [0.1, 0.15) is 37.3 Å². The monoisotopic (exact) mass is 287 g/mol. The summed E-state index contributed by atoms with van der Waals surface area (Å²) in [5, 5.41) is 3.42. The molecule has 2 rings (SSSR count). The molecule has 0 atom stereocenters. The van der Waals surface area contributed by atoms with Crippen LogP contribution in [0.25, 0.3) is 0 Å². The standard InChI is InChI=1S/C17H25N3O/c1-4-10-18-12-15-8-9-17(19-14(15)3)20(5-2)13-16-7-6-11-21-16/h6-9,11,18H,4-5,10,12-13H2,1-3H3. The van der Waals surface area contributed by atoms with Gasteiger partial charge in [0.25, 0.3) is 0 Å². The van der Waals surface area contributed by atoms with E-state index in [1.807, 2.05) is 12.1 Å². The maximum Gasteiger partial charge on any atom is 0.129 e. The summed E-state index contributed by atoms with van der Waals surface area (Å²) >= 11 is 0. The molecule has 21 heavy (non-hydrogen) atoms. The van der Waals surface area contributed by atoms with Crippen LogP contribution in [0.4, 0.5) is 5.82 Å². The number of pyridine rings is 1. The molecule has 2 aromatic rings. The van der Waals surface area contributed by atoms with Gasteiger partial charge in [0.2, 0.25) is 0 Å². The van der Waals surface area contributed by atoms with Gasteiger partial charge >= 0.3 is 0 Å². The quantitative estimate of drug-likeness (QED) is 0.754. The number of hydrogen-bond acceptors (Lipinski definition) is 4. The Morgan fingerprint density at radius 1 is 1.24 bits per heavy atom. The first kappa shape index (κ1) is 15.6. The molecule has 0 amide bonds. The predicted molar refractivity (Wildman–Crippen MR) is 86.4 cm³/mol. The molecule has 0 aliphatic heterocycles. The van der Waals surface area contributed by atoms with Crippen LogP contribution >= 0.6 is 0 Å². The summed E-state index contributed by atoms with van der Waals surface area (Å²) < 4.78 is 5.43. The summed E-state index contributed by atoms with van der Waals surface area (Å²) in [6, 6.07) is 8.19. The minimum absolute atomic E-state index is 0.753. The highest BCUT2D eigenvalue weighted by atomic mass is 16.3. The number of hydrogen-bond donors (Lipinski definition) is 1. The second-order valence-electron chi connectivity index (χ2n) is 5.18. The van der Waals surface area contributed by atoms with E-state index in [9.17, 15) is 0 Å². The number of aromatic nitrogens is 1. The minimum Gasteiger partial charge on any atom is -0.467 e. The van der Waals surface area contributed by atoms with Crippen molar-refractivity contribution in [1.82, 2.24) is 10.3 Å². The molecular formula is C17H25N3O. The van der Waals surface area contributed by atoms with Crippen LogP contribution in [-0.4, -0.2) is 18.1 Å². The van der Waals surface area contributed by atoms with Crippen LogP contribution in [-0.2, 0) is 13.1 Å². The van der Waals surface area contributed by atoms with Crippen LogP contribution < -0.4 is 10.2 Å². The molecule has 4 heteroatoms. The number of rotatable bonds is 8. The van der Waals surface area contributed by atoms with Crippen LogP contribution in [0, 0.1) is 6.92 Å². The molecule has 0 saturated heterocycles. The second-order valence-corrected chi connectivity index (χ2v) is 5.18. The molecule has 0 spiro atoms. The number of nitrogens with zero attached hydrogens (tertiary/aromatic N) is 2. The van der Waals surface area contributed by atoms with Gasteiger partial charge in [-0.05, 0) is 50.6 Å². The molecule has 0 aliphatic rings. The average molecular weight is 287 g/mol. The lowest BCUT2D eigenvalue weighted by Gasteiger charge is -2.21. The van der Waals surface area contributed by atoms with Crippen LogP contribution in [0.3, 0.4) is 0 Å². The maximum absolute atomic E-state index is 5.43. The molecule has 0 fully saturated rings. The Morgan fingerprint density at radius 2 is 2.10 bits per heavy atom. The van der Waals surface area contributed by atoms with E-state index in [-0.39, 0.29) is 0 Å². The van der Waals surface area contributed by atoms with E-state index >= 15 is 0 Å². The van der Waals surface area contributed by atoms with Crippen molar-refractivity contribution in [3.63, 3.8) is 0 Å². The fraction of sp³-hybridized carbons (Fsp3) is 0.471. The lowest BCUT2D eigenvalue weighted by atomic mass is 10.2. The molecule has 0 aliphatic carbocycles. The first-order valence-electron chi connectivity index (χ1n) is 7.69. The van der Waals surface area contributed by atoms with Crippen LogP contribution in [0.2, 0.25) is 0 Å². The molecule has 1 N–H and O–H groups in total. The van der Waals surface area contributed by atoms with Gasteiger partial charge in [-0.1, -0.05) is 13.0 Å². The van der Waals surface area contributed by atoms with E-state index in [0.717, 1.165) is 49.9 Å². The van der Waals surface area contributed by atoms with Crippen molar-refractivity contribution in [2.75, 3.05) is 18.0 Å². The van der Waals surface area contributed by atoms with Crippen molar-refractivity contribution in [3.8, 4) is 0 Å². The van der Waals surface area contributed by atoms with Gasteiger partial charge in [0.05, 0.1) is 12.8 Å². The normalized spacial score (nSPS) is 10.8. The molecular weight excluding hydrogens is 262 g/mol. The zero-order valence-electron chi connectivity index (χ0n) is 13.2. The molecule has 0 radical (unpaired) electrons. The zero-order valence-corrected chi connectivity index (χ0v) is 13.2. The first-order valence-corrected chi connectivity index (χ1v) is 7.69. The third-order valence-electron chi connectivity index (χ3n) is 3.56. The molecule has 0 unspecified atom stereocenters. The van der Waals surface area contributed by atoms with Crippen molar-refractivity contribution < 1.29 is 4.42 Å². The summed E-state index contributed by atoms with van der Waals surface area (Å²) in [7, 11) is 0. The third kappa shape index (κ3) is 4.33. The lowest BCUT2D eigenvalue weighted by Crippen LogP contribution is -2.23. The zero-order chi connectivity index (χ0) is 15.1. The molecule has 0 saturated carbocycles. The first-order chi connectivity index (χ1) is 10.2. The Morgan fingerprint density at radius 3 is 2.71 bits per heavy atom. The fourth-order valence-electron chi connectivity index (χ4n) is 2.28. The molecule has 4 nitrogen and oxygen atoms in total. The number of furan rings is 1. The van der Waals surface area contributed by atoms with E-state index in [1.165, 1.54) is 5.56 Å². The largest absolute Gasteiger partial charge is 0.467 e. The third-order valence-corrected chi connectivity index (χ3v) is 3.56. The predicted octanol–water partition coefficient (Wildman–Crippen LogP) is 3.51. The Kier molecular flexibility index (Phi) is 5.81. The number of aryl methyl sites for hydroxylation is 1. The van der Waals surface area contributed by atoms with Gasteiger partial charge in [-0.2, -0.15) is 0 Å². The lowest BCUT2D eigenvalue weighted by molar-refractivity contribution is 0.502. The van der Waals surface area contributed by atoms with E-state index < -0.39 is 0 Å². The van der Waals surface area contributed by atoms with Gasteiger partial charge in [-0.15, -0.1) is 0 Å². The smallest absolute Gasteiger partial charge is 0.129 e. The number of anilines is 1. The van der Waals surface area contributed by atoms with Gasteiger partial charge < -0.3 is 14.6 Å². The van der Waals surface area contributed by atoms with E-state index in [4.69, 9.17) is 9.40 Å². The van der Waals surface area contributed by atoms with Gasteiger partial charge in [0, 0.05) is 18.8 Å². The van der Waals surface area contributed by atoms with Crippen molar-refractivity contribution in [3.05, 3.63) is 47.5 Å². The molecule has 114 valence electrons. The highest BCUT2D eigenvalue weighted by Gasteiger charge is 2.10. The molecule has 2 aromatic heterocycles. The van der Waals surface area contributed by atoms with E-state index in [2.05, 4.69) is 43.1 Å². The summed E-state index contributed by atoms with van der Waals surface area (Å²) in [4.78, 5) is 6.97. The topological polar surface area (TPSA) is 41.3 Å². The second kappa shape index (κ2) is 7.84. The summed E-state index contributed by atoms with van der Waals surface area (Å²) in [6.07, 6.45) is 2.86. The van der Waals surface area contributed by atoms with Gasteiger partial charge in [-0.25, -0.2) is 4.98 Å². The van der Waals surface area contributed by atoms with Gasteiger partial charge in [0.15, 0.2) is 0 Å². The Labute approximate surface area is 127 Å². The van der Waals surface area contributed by atoms with Crippen molar-refractivity contribution >= 4 is 5.82 Å². The molecule has 0 bridgehead atoms. The molecule has 2 heterocycles. The average Bonchev–Trinajstić information content (AvgIpc) is 2.99. The number of nitrogens with one attached hydrogen (secondary N) is 1. The van der Waals surface area contributed by atoms with Gasteiger partial charge in [-0.3, -0.25) is 0 Å². The SMILES string of the molecule is CCCNCc1ccc(N(CC)Cc2ccco2)nc1C. The van der Waals surface area contributed by atoms with Crippen molar-refractivity contribution in [2.24, 2.45) is 0 Å². The van der Waals surface area contributed by atoms with E-state index in [0.29, 0.717) is 0 Å². The highest BCUT2D eigenvalue weighted by Crippen LogP contribution is 2.17. The summed E-state index contributed by atoms with van der Waals surface area (Å²) in [5.41, 5.74) is 2.36. The van der Waals surface area contributed by atoms with Crippen LogP contribution in [0.15, 0.2) is 34.9 Å². The summed E-state index contributed by atoms with van der Waals surface area (Å²) in [5.74, 6) is 1.97. The summed E-state index contributed by atoms with van der Waals surface area (Å²) in [6.45, 7) is 9.97. The fourth-order valence-corrected chi connectivity index (χ4v) is 2.28. The molecule has 0 aromatic carbocycles. The Hall–Kier alpha value is -1.81. The van der Waals surface area contributed by atoms with Gasteiger partial charge in [0.1, 0.15) is 11.6 Å². The van der Waals surface area contributed by atoms with Crippen LogP contribution in [0.5, 0.6) is 0 Å².